The fraction of sp³-hybridized carbons (Fsp3) is 0.519. The van der Waals surface area contributed by atoms with Crippen LogP contribution in [0.2, 0.25) is 0 Å². The van der Waals surface area contributed by atoms with Crippen LogP contribution in [0.3, 0.4) is 0 Å². The van der Waals surface area contributed by atoms with E-state index in [9.17, 15) is 28.1 Å². The molecule has 1 aromatic heterocycles. The van der Waals surface area contributed by atoms with Crippen molar-refractivity contribution in [2.75, 3.05) is 43.1 Å². The number of piperidine rings is 1. The van der Waals surface area contributed by atoms with Gasteiger partial charge >= 0.3 is 0 Å². The van der Waals surface area contributed by atoms with Crippen LogP contribution in [0.5, 0.6) is 5.75 Å². The molecule has 2 N–H and O–H groups in total. The first-order valence-electron chi connectivity index (χ1n) is 13.9. The number of Topliss-reactive ketones (excluding diaryl/α,β-unsaturated/α-hetero) is 1. The van der Waals surface area contributed by atoms with Gasteiger partial charge in [0.25, 0.3) is 21.6 Å². The summed E-state index contributed by atoms with van der Waals surface area (Å²) in [5, 5.41) is 15.1. The Balaban J connectivity index is 1.19. The summed E-state index contributed by atoms with van der Waals surface area (Å²) in [4.78, 5) is 41.0. The van der Waals surface area contributed by atoms with Crippen molar-refractivity contribution in [2.24, 2.45) is 11.3 Å². The molecule has 1 aromatic carbocycles. The minimum absolute atomic E-state index is 0.0146. The van der Waals surface area contributed by atoms with Gasteiger partial charge in [0.1, 0.15) is 12.4 Å². The van der Waals surface area contributed by atoms with Gasteiger partial charge in [0, 0.05) is 57.5 Å². The number of rotatable bonds is 6. The maximum absolute atomic E-state index is 15.4. The van der Waals surface area contributed by atoms with Crippen LogP contribution in [0.25, 0.3) is 0 Å². The summed E-state index contributed by atoms with van der Waals surface area (Å²) < 4.78 is 54.5. The molecule has 1 aliphatic carbocycles. The summed E-state index contributed by atoms with van der Waals surface area (Å²) in [5.41, 5.74) is -0.841. The van der Waals surface area contributed by atoms with Crippen molar-refractivity contribution in [3.8, 4) is 5.75 Å². The third-order valence-corrected chi connectivity index (χ3v) is 10.9. The molecule has 43 heavy (non-hydrogen) atoms. The number of hydrogen-bond acceptors (Lipinski definition) is 11. The van der Waals surface area contributed by atoms with Crippen molar-refractivity contribution in [3.63, 3.8) is 0 Å². The summed E-state index contributed by atoms with van der Waals surface area (Å²) in [7, 11) is -4.64. The molecule has 2 aromatic rings. The Hall–Kier alpha value is -3.37. The lowest BCUT2D eigenvalue weighted by molar-refractivity contribution is -0.384. The van der Waals surface area contributed by atoms with Crippen molar-refractivity contribution >= 4 is 54.8 Å². The number of carbonyl (C=O) groups excluding carboxylic acids is 2. The summed E-state index contributed by atoms with van der Waals surface area (Å²) >= 11 is 3.07. The highest BCUT2D eigenvalue weighted by Gasteiger charge is 2.45. The molecule has 16 heteroatoms. The standard InChI is InChI=1S/C27H29BrFN5O8S/c28-22-18(13-30-25(23(22)29)33-5-3-27(4-6-33)11-16(35)12-27)26(36)32-43(39,40)17-9-20(34(37)38)24-21(10-17)42-14-19(31-24)15-1-7-41-8-2-15/h9-10,13,15,19,31H,1-8,11-12,14H2,(H,32,36)/t19-/m0/s1. The number of anilines is 2. The number of sulfonamides is 1. The van der Waals surface area contributed by atoms with Gasteiger partial charge in [-0.15, -0.1) is 0 Å². The predicted octanol–water partition coefficient (Wildman–Crippen LogP) is 3.56. The largest absolute Gasteiger partial charge is 0.489 e. The molecule has 4 heterocycles. The summed E-state index contributed by atoms with van der Waals surface area (Å²) in [6, 6.07) is 1.75. The normalized spacial score (nSPS) is 21.8. The number of nitrogens with zero attached hydrogens (tertiary/aromatic N) is 3. The molecule has 2 saturated heterocycles. The minimum Gasteiger partial charge on any atom is -0.489 e. The van der Waals surface area contributed by atoms with Crippen LogP contribution in [0, 0.1) is 27.3 Å². The Morgan fingerprint density at radius 2 is 1.93 bits per heavy atom. The zero-order valence-electron chi connectivity index (χ0n) is 22.9. The third kappa shape index (κ3) is 5.67. The van der Waals surface area contributed by atoms with E-state index >= 15 is 4.39 Å². The third-order valence-electron chi connectivity index (χ3n) is 8.83. The second-order valence-electron chi connectivity index (χ2n) is 11.5. The van der Waals surface area contributed by atoms with Crippen LogP contribution < -0.4 is 19.7 Å². The van der Waals surface area contributed by atoms with E-state index in [-0.39, 0.29) is 57.1 Å². The maximum Gasteiger partial charge on any atom is 0.297 e. The van der Waals surface area contributed by atoms with Gasteiger partial charge in [0.2, 0.25) is 0 Å². The number of carbonyl (C=O) groups is 2. The van der Waals surface area contributed by atoms with E-state index in [4.69, 9.17) is 9.47 Å². The van der Waals surface area contributed by atoms with Crippen molar-refractivity contribution in [2.45, 2.75) is 49.5 Å². The first-order chi connectivity index (χ1) is 20.5. The van der Waals surface area contributed by atoms with E-state index < -0.39 is 37.3 Å². The molecule has 1 atom stereocenters. The smallest absolute Gasteiger partial charge is 0.297 e. The fourth-order valence-corrected chi connectivity index (χ4v) is 7.77. The molecule has 0 bridgehead atoms. The number of aromatic nitrogens is 1. The van der Waals surface area contributed by atoms with Crippen LogP contribution in [-0.4, -0.2) is 69.0 Å². The number of ketones is 1. The molecule has 4 aliphatic rings. The second-order valence-corrected chi connectivity index (χ2v) is 14.0. The van der Waals surface area contributed by atoms with Gasteiger partial charge in [-0.3, -0.25) is 19.7 Å². The summed E-state index contributed by atoms with van der Waals surface area (Å²) in [5.74, 6) is -1.61. The number of nitro benzene ring substituents is 1. The molecule has 1 amide bonds. The van der Waals surface area contributed by atoms with E-state index in [1.165, 1.54) is 0 Å². The van der Waals surface area contributed by atoms with Gasteiger partial charge in [0.15, 0.2) is 23.1 Å². The Labute approximate surface area is 254 Å². The number of benzene rings is 1. The molecule has 0 unspecified atom stereocenters. The maximum atomic E-state index is 15.4. The fourth-order valence-electron chi connectivity index (χ4n) is 6.31. The molecule has 0 radical (unpaired) electrons. The van der Waals surface area contributed by atoms with E-state index in [2.05, 4.69) is 26.2 Å². The van der Waals surface area contributed by atoms with Gasteiger partial charge in [-0.05, 0) is 52.9 Å². The lowest BCUT2D eigenvalue weighted by atomic mass is 9.62. The highest BCUT2D eigenvalue weighted by atomic mass is 79.9. The average molecular weight is 683 g/mol. The van der Waals surface area contributed by atoms with Crippen molar-refractivity contribution in [3.05, 3.63) is 44.3 Å². The Morgan fingerprint density at radius 1 is 1.23 bits per heavy atom. The molecule has 3 aliphatic heterocycles. The number of ether oxygens (including phenoxy) is 2. The van der Waals surface area contributed by atoms with Gasteiger partial charge in [0.05, 0.1) is 25.9 Å². The summed E-state index contributed by atoms with van der Waals surface area (Å²) in [6.07, 6.45) is 5.12. The molecule has 13 nitrogen and oxygen atoms in total. The van der Waals surface area contributed by atoms with Crippen LogP contribution in [0.1, 0.15) is 48.9 Å². The van der Waals surface area contributed by atoms with E-state index in [1.54, 1.807) is 4.90 Å². The molecular weight excluding hydrogens is 653 g/mol. The van der Waals surface area contributed by atoms with Crippen LogP contribution >= 0.6 is 15.9 Å². The van der Waals surface area contributed by atoms with Gasteiger partial charge in [-0.2, -0.15) is 0 Å². The summed E-state index contributed by atoms with van der Waals surface area (Å²) in [6.45, 7) is 2.32. The lowest BCUT2D eigenvalue weighted by Crippen LogP contribution is -2.47. The quantitative estimate of drug-likeness (QED) is 0.338. The average Bonchev–Trinajstić information content (AvgIpc) is 2.97. The molecule has 1 spiro atoms. The van der Waals surface area contributed by atoms with Crippen molar-refractivity contribution < 1.29 is 36.8 Å². The molecular formula is C27H29BrFN5O8S. The number of fused-ring (bicyclic) bond motifs is 1. The Kier molecular flexibility index (Phi) is 7.79. The monoisotopic (exact) mass is 681 g/mol. The van der Waals surface area contributed by atoms with Crippen LogP contribution in [0.4, 0.5) is 21.6 Å². The highest BCUT2D eigenvalue weighted by molar-refractivity contribution is 9.10. The SMILES string of the molecule is O=C1CC2(CCN(c3ncc(C(=O)NS(=O)(=O)c4cc5c(c([N+](=O)[O-])c4)N[C@H](C4CCOCC4)CO5)c(Br)c3F)CC2)C1. The lowest BCUT2D eigenvalue weighted by Gasteiger charge is -2.47. The van der Waals surface area contributed by atoms with E-state index in [0.717, 1.165) is 44.0 Å². The number of hydrogen-bond donors (Lipinski definition) is 2. The molecule has 230 valence electrons. The first kappa shape index (κ1) is 29.7. The zero-order valence-corrected chi connectivity index (χ0v) is 25.3. The van der Waals surface area contributed by atoms with Gasteiger partial charge in [-0.25, -0.2) is 22.5 Å². The topological polar surface area (TPSA) is 170 Å². The number of pyridine rings is 1. The van der Waals surface area contributed by atoms with E-state index in [1.807, 2.05) is 4.72 Å². The van der Waals surface area contributed by atoms with Gasteiger partial charge < -0.3 is 19.7 Å². The zero-order chi connectivity index (χ0) is 30.5. The second kappa shape index (κ2) is 11.3. The first-order valence-corrected chi connectivity index (χ1v) is 16.2. The molecule has 3 fully saturated rings. The number of halogens is 2. The van der Waals surface area contributed by atoms with Crippen LogP contribution in [0.15, 0.2) is 27.7 Å². The minimum atomic E-state index is -4.64. The molecule has 6 rings (SSSR count). The Morgan fingerprint density at radius 3 is 2.58 bits per heavy atom. The van der Waals surface area contributed by atoms with Crippen LogP contribution in [-0.2, 0) is 19.6 Å². The van der Waals surface area contributed by atoms with Crippen molar-refractivity contribution in [1.29, 1.82) is 0 Å². The van der Waals surface area contributed by atoms with Gasteiger partial charge in [-0.1, -0.05) is 0 Å². The Bertz CT molecular complexity index is 1600. The number of nitrogens with one attached hydrogen (secondary N) is 2. The highest BCUT2D eigenvalue weighted by Crippen LogP contribution is 2.47. The number of amides is 1. The van der Waals surface area contributed by atoms with Crippen molar-refractivity contribution in [1.82, 2.24) is 9.71 Å². The predicted molar refractivity (Wildman–Crippen MR) is 154 cm³/mol. The molecule has 1 saturated carbocycles. The van der Waals surface area contributed by atoms with E-state index in [0.29, 0.717) is 39.1 Å². The number of nitro groups is 1.